The highest BCUT2D eigenvalue weighted by Gasteiger charge is 2.02. The Morgan fingerprint density at radius 3 is 2.04 bits per heavy atom. The summed E-state index contributed by atoms with van der Waals surface area (Å²) < 4.78 is 37.4. The van der Waals surface area contributed by atoms with Crippen molar-refractivity contribution in [3.05, 3.63) is 59.1 Å². The summed E-state index contributed by atoms with van der Waals surface area (Å²) >= 11 is 5.84. The van der Waals surface area contributed by atoms with Gasteiger partial charge in [0.15, 0.2) is 0 Å². The maximum absolute atomic E-state index is 10.8. The molecule has 0 aliphatic carbocycles. The summed E-state index contributed by atoms with van der Waals surface area (Å²) in [5.41, 5.74) is 1.03. The van der Waals surface area contributed by atoms with Gasteiger partial charge in [0.25, 0.3) is 10.1 Å². The average Bonchev–Trinajstić information content (AvgIpc) is 2.54. The van der Waals surface area contributed by atoms with Crippen molar-refractivity contribution in [2.45, 2.75) is 13.0 Å². The lowest BCUT2D eigenvalue weighted by Crippen LogP contribution is -2.07. The fourth-order valence-electron chi connectivity index (χ4n) is 1.84. The molecule has 0 aliphatic rings. The normalized spacial score (nSPS) is 11.2. The summed E-state index contributed by atoms with van der Waals surface area (Å²) in [5, 5.41) is 0.696. The molecule has 2 aromatic carbocycles. The largest absolute Gasteiger partial charge is 0.494 e. The molecule has 0 bridgehead atoms. The number of hydrogen-bond donors (Lipinski definition) is 0. The van der Waals surface area contributed by atoms with E-state index in [2.05, 4.69) is 4.18 Å². The maximum Gasteiger partial charge on any atom is 0.264 e. The van der Waals surface area contributed by atoms with Crippen molar-refractivity contribution in [3.8, 4) is 11.5 Å². The second kappa shape index (κ2) is 8.92. The maximum atomic E-state index is 10.8. The highest BCUT2D eigenvalue weighted by atomic mass is 35.5. The topological polar surface area (TPSA) is 61.8 Å². The van der Waals surface area contributed by atoms with Gasteiger partial charge in [-0.15, -0.1) is 0 Å². The molecule has 0 spiro atoms. The van der Waals surface area contributed by atoms with Crippen molar-refractivity contribution in [3.63, 3.8) is 0 Å². The van der Waals surface area contributed by atoms with E-state index in [0.29, 0.717) is 30.4 Å². The minimum absolute atomic E-state index is 0.112. The zero-order valence-corrected chi connectivity index (χ0v) is 14.8. The van der Waals surface area contributed by atoms with Crippen LogP contribution in [0.2, 0.25) is 5.02 Å². The number of halogens is 1. The van der Waals surface area contributed by atoms with Crippen molar-refractivity contribution >= 4 is 21.7 Å². The monoisotopic (exact) mass is 370 g/mol. The van der Waals surface area contributed by atoms with Crippen LogP contribution >= 0.6 is 11.6 Å². The van der Waals surface area contributed by atoms with Crippen molar-refractivity contribution in [2.24, 2.45) is 0 Å². The van der Waals surface area contributed by atoms with Crippen molar-refractivity contribution in [2.75, 3.05) is 19.5 Å². The molecule has 0 unspecified atom stereocenters. The average molecular weight is 371 g/mol. The SMILES string of the molecule is CS(=O)(=O)OCCCOc1ccc(OCc2ccc(Cl)cc2)cc1. The van der Waals surface area contributed by atoms with Gasteiger partial charge in [0.2, 0.25) is 0 Å². The van der Waals surface area contributed by atoms with Crippen LogP contribution in [0.1, 0.15) is 12.0 Å². The van der Waals surface area contributed by atoms with E-state index in [1.54, 1.807) is 12.1 Å². The molecule has 0 heterocycles. The zero-order valence-electron chi connectivity index (χ0n) is 13.3. The van der Waals surface area contributed by atoms with Gasteiger partial charge >= 0.3 is 0 Å². The second-order valence-corrected chi connectivity index (χ2v) is 7.20. The van der Waals surface area contributed by atoms with E-state index in [4.69, 9.17) is 21.1 Å². The van der Waals surface area contributed by atoms with Crippen LogP contribution in [0, 0.1) is 0 Å². The minimum Gasteiger partial charge on any atom is -0.494 e. The molecular weight excluding hydrogens is 352 g/mol. The van der Waals surface area contributed by atoms with Gasteiger partial charge in [-0.05, 0) is 42.0 Å². The minimum atomic E-state index is -3.39. The molecule has 130 valence electrons. The molecule has 5 nitrogen and oxygen atoms in total. The third-order valence-corrected chi connectivity index (χ3v) is 3.84. The Labute approximate surface area is 147 Å². The highest BCUT2D eigenvalue weighted by molar-refractivity contribution is 7.85. The molecule has 0 fully saturated rings. The van der Waals surface area contributed by atoms with E-state index >= 15 is 0 Å². The summed E-state index contributed by atoms with van der Waals surface area (Å²) in [6, 6.07) is 14.7. The summed E-state index contributed by atoms with van der Waals surface area (Å²) in [4.78, 5) is 0. The number of benzene rings is 2. The predicted molar refractivity (Wildman–Crippen MR) is 93.1 cm³/mol. The van der Waals surface area contributed by atoms with Gasteiger partial charge < -0.3 is 9.47 Å². The molecule has 0 saturated heterocycles. The summed E-state index contributed by atoms with van der Waals surface area (Å²) in [6.07, 6.45) is 1.51. The first-order chi connectivity index (χ1) is 11.4. The van der Waals surface area contributed by atoms with Crippen LogP contribution in [-0.2, 0) is 20.9 Å². The standard InChI is InChI=1S/C17H19ClO5S/c1-24(19,20)23-12-2-11-21-16-7-9-17(10-8-16)22-13-14-3-5-15(18)6-4-14/h3-10H,2,11-13H2,1H3. The predicted octanol–water partition coefficient (Wildman–Crippen LogP) is 3.66. The lowest BCUT2D eigenvalue weighted by atomic mass is 10.2. The van der Waals surface area contributed by atoms with Gasteiger partial charge in [0.1, 0.15) is 18.1 Å². The zero-order chi connectivity index (χ0) is 17.4. The smallest absolute Gasteiger partial charge is 0.264 e. The summed E-state index contributed by atoms with van der Waals surface area (Å²) in [7, 11) is -3.39. The molecular formula is C17H19ClO5S. The first kappa shape index (κ1) is 18.6. The lowest BCUT2D eigenvalue weighted by Gasteiger charge is -2.09. The molecule has 7 heteroatoms. The first-order valence-corrected chi connectivity index (χ1v) is 9.56. The van der Waals surface area contributed by atoms with Crippen LogP contribution in [0.25, 0.3) is 0 Å². The van der Waals surface area contributed by atoms with Gasteiger partial charge in [-0.1, -0.05) is 23.7 Å². The summed E-state index contributed by atoms with van der Waals surface area (Å²) in [5.74, 6) is 1.42. The molecule has 0 radical (unpaired) electrons. The van der Waals surface area contributed by atoms with Gasteiger partial charge in [-0.25, -0.2) is 0 Å². The van der Waals surface area contributed by atoms with E-state index < -0.39 is 10.1 Å². The lowest BCUT2D eigenvalue weighted by molar-refractivity contribution is 0.251. The molecule has 0 N–H and O–H groups in total. The van der Waals surface area contributed by atoms with E-state index in [9.17, 15) is 8.42 Å². The third kappa shape index (κ3) is 7.21. The van der Waals surface area contributed by atoms with Crippen LogP contribution in [0.4, 0.5) is 0 Å². The fraction of sp³-hybridized carbons (Fsp3) is 0.294. The second-order valence-electron chi connectivity index (χ2n) is 5.11. The van der Waals surface area contributed by atoms with E-state index in [-0.39, 0.29) is 6.61 Å². The molecule has 2 rings (SSSR count). The molecule has 0 saturated carbocycles. The van der Waals surface area contributed by atoms with Crippen LogP contribution in [0.5, 0.6) is 11.5 Å². The van der Waals surface area contributed by atoms with Crippen LogP contribution in [0.15, 0.2) is 48.5 Å². The Morgan fingerprint density at radius 2 is 1.46 bits per heavy atom. The van der Waals surface area contributed by atoms with Crippen LogP contribution in [-0.4, -0.2) is 27.9 Å². The number of hydrogen-bond acceptors (Lipinski definition) is 5. The molecule has 0 amide bonds. The first-order valence-electron chi connectivity index (χ1n) is 7.37. The molecule has 2 aromatic rings. The Balaban J connectivity index is 1.71. The quantitative estimate of drug-likeness (QED) is 0.498. The van der Waals surface area contributed by atoms with Crippen molar-refractivity contribution in [1.29, 1.82) is 0 Å². The molecule has 0 aromatic heterocycles. The van der Waals surface area contributed by atoms with Crippen molar-refractivity contribution < 1.29 is 22.1 Å². The molecule has 24 heavy (non-hydrogen) atoms. The Bertz CT molecular complexity index is 727. The summed E-state index contributed by atoms with van der Waals surface area (Å²) in [6.45, 7) is 0.946. The van der Waals surface area contributed by atoms with Gasteiger partial charge in [0, 0.05) is 11.4 Å². The van der Waals surface area contributed by atoms with E-state index in [1.165, 1.54) is 0 Å². The number of ether oxygens (including phenoxy) is 2. The van der Waals surface area contributed by atoms with E-state index in [0.717, 1.165) is 17.6 Å². The Hall–Kier alpha value is -1.76. The van der Waals surface area contributed by atoms with Gasteiger partial charge in [-0.2, -0.15) is 8.42 Å². The van der Waals surface area contributed by atoms with E-state index in [1.807, 2.05) is 36.4 Å². The van der Waals surface area contributed by atoms with Gasteiger partial charge in [0.05, 0.1) is 19.5 Å². The fourth-order valence-corrected chi connectivity index (χ4v) is 2.39. The Kier molecular flexibility index (Phi) is 6.90. The van der Waals surface area contributed by atoms with Gasteiger partial charge in [-0.3, -0.25) is 4.18 Å². The molecule has 0 aliphatic heterocycles. The molecule has 0 atom stereocenters. The van der Waals surface area contributed by atoms with Crippen molar-refractivity contribution in [1.82, 2.24) is 0 Å². The highest BCUT2D eigenvalue weighted by Crippen LogP contribution is 2.19. The Morgan fingerprint density at radius 1 is 0.875 bits per heavy atom. The number of rotatable bonds is 9. The van der Waals surface area contributed by atoms with Crippen LogP contribution in [0.3, 0.4) is 0 Å². The third-order valence-electron chi connectivity index (χ3n) is 3.00. The van der Waals surface area contributed by atoms with Crippen LogP contribution < -0.4 is 9.47 Å².